The van der Waals surface area contributed by atoms with Crippen molar-refractivity contribution in [3.8, 4) is 11.4 Å². The molecule has 0 spiro atoms. The lowest BCUT2D eigenvalue weighted by molar-refractivity contribution is 0.0950. The maximum Gasteiger partial charge on any atom is 0.337 e. The first-order valence-corrected chi connectivity index (χ1v) is 10.7. The average Bonchev–Trinajstić information content (AvgIpc) is 3.48. The van der Waals surface area contributed by atoms with Gasteiger partial charge in [-0.25, -0.2) is 14.3 Å². The molecule has 0 aliphatic carbocycles. The normalized spacial score (nSPS) is 16.0. The Hall–Kier alpha value is -3.65. The molecule has 1 aliphatic rings. The van der Waals surface area contributed by atoms with Crippen LogP contribution in [0.1, 0.15) is 18.4 Å². The summed E-state index contributed by atoms with van der Waals surface area (Å²) in [6, 6.07) is 16.9. The fraction of sp³-hybridized carbons (Fsp3) is 0.292. The van der Waals surface area contributed by atoms with Gasteiger partial charge in [0.05, 0.1) is 31.8 Å². The van der Waals surface area contributed by atoms with E-state index in [1.54, 1.807) is 18.0 Å². The Bertz CT molecular complexity index is 1360. The molecule has 0 amide bonds. The van der Waals surface area contributed by atoms with Crippen LogP contribution in [0.3, 0.4) is 0 Å². The third-order valence-corrected chi connectivity index (χ3v) is 5.81. The van der Waals surface area contributed by atoms with Crippen molar-refractivity contribution >= 4 is 11.2 Å². The van der Waals surface area contributed by atoms with Gasteiger partial charge in [0.25, 0.3) is 5.56 Å². The number of fused-ring (bicyclic) bond motifs is 1. The molecular formula is C24H24N4O4. The number of imidazole rings is 1. The summed E-state index contributed by atoms with van der Waals surface area (Å²) in [4.78, 5) is 31.5. The highest BCUT2D eigenvalue weighted by atomic mass is 16.5. The summed E-state index contributed by atoms with van der Waals surface area (Å²) in [7, 11) is 1.62. The van der Waals surface area contributed by atoms with E-state index in [9.17, 15) is 9.59 Å². The van der Waals surface area contributed by atoms with Crippen molar-refractivity contribution in [1.29, 1.82) is 0 Å². The zero-order valence-electron chi connectivity index (χ0n) is 17.8. The molecule has 0 bridgehead atoms. The van der Waals surface area contributed by atoms with Crippen LogP contribution in [0.2, 0.25) is 0 Å². The molecule has 8 nitrogen and oxygen atoms in total. The van der Waals surface area contributed by atoms with Gasteiger partial charge in [0, 0.05) is 13.2 Å². The van der Waals surface area contributed by atoms with E-state index in [1.165, 1.54) is 9.13 Å². The molecule has 32 heavy (non-hydrogen) atoms. The first-order chi connectivity index (χ1) is 15.7. The van der Waals surface area contributed by atoms with Gasteiger partial charge < -0.3 is 14.0 Å². The third-order valence-electron chi connectivity index (χ3n) is 5.81. The van der Waals surface area contributed by atoms with E-state index in [1.807, 2.05) is 54.6 Å². The van der Waals surface area contributed by atoms with E-state index < -0.39 is 5.69 Å². The van der Waals surface area contributed by atoms with Crippen molar-refractivity contribution in [1.82, 2.24) is 18.7 Å². The average molecular weight is 432 g/mol. The van der Waals surface area contributed by atoms with E-state index in [-0.39, 0.29) is 18.2 Å². The van der Waals surface area contributed by atoms with Crippen molar-refractivity contribution < 1.29 is 9.47 Å². The number of methoxy groups -OCH3 is 1. The van der Waals surface area contributed by atoms with Gasteiger partial charge in [-0.2, -0.15) is 0 Å². The fourth-order valence-corrected chi connectivity index (χ4v) is 4.23. The Morgan fingerprint density at radius 3 is 2.72 bits per heavy atom. The number of benzene rings is 2. The van der Waals surface area contributed by atoms with Crippen LogP contribution < -0.4 is 16.0 Å². The minimum Gasteiger partial charge on any atom is -0.497 e. The Morgan fingerprint density at radius 2 is 1.97 bits per heavy atom. The largest absolute Gasteiger partial charge is 0.497 e. The van der Waals surface area contributed by atoms with E-state index in [2.05, 4.69) is 4.98 Å². The molecule has 1 unspecified atom stereocenters. The van der Waals surface area contributed by atoms with E-state index in [4.69, 9.17) is 9.47 Å². The first-order valence-electron chi connectivity index (χ1n) is 10.7. The van der Waals surface area contributed by atoms with E-state index in [0.717, 1.165) is 24.2 Å². The van der Waals surface area contributed by atoms with Crippen LogP contribution in [0.5, 0.6) is 5.75 Å². The summed E-state index contributed by atoms with van der Waals surface area (Å²) < 4.78 is 15.6. The zero-order chi connectivity index (χ0) is 22.1. The van der Waals surface area contributed by atoms with Crippen LogP contribution in [-0.2, 0) is 17.8 Å². The van der Waals surface area contributed by atoms with Gasteiger partial charge in [-0.3, -0.25) is 9.36 Å². The van der Waals surface area contributed by atoms with Crippen molar-refractivity contribution in [2.45, 2.75) is 32.0 Å². The summed E-state index contributed by atoms with van der Waals surface area (Å²) in [5.74, 6) is 0.740. The molecule has 1 aliphatic heterocycles. The lowest BCUT2D eigenvalue weighted by Crippen LogP contribution is -2.42. The number of aromatic nitrogens is 4. The highest BCUT2D eigenvalue weighted by Crippen LogP contribution is 2.18. The second-order valence-corrected chi connectivity index (χ2v) is 7.90. The van der Waals surface area contributed by atoms with Crippen LogP contribution >= 0.6 is 0 Å². The smallest absolute Gasteiger partial charge is 0.337 e. The van der Waals surface area contributed by atoms with Gasteiger partial charge in [-0.1, -0.05) is 30.3 Å². The van der Waals surface area contributed by atoms with Crippen molar-refractivity contribution in [3.05, 3.63) is 87.3 Å². The van der Waals surface area contributed by atoms with Crippen LogP contribution in [0, 0.1) is 0 Å². The lowest BCUT2D eigenvalue weighted by Gasteiger charge is -2.15. The fourth-order valence-electron chi connectivity index (χ4n) is 4.23. The predicted octanol–water partition coefficient (Wildman–Crippen LogP) is 2.58. The van der Waals surface area contributed by atoms with Crippen LogP contribution in [-0.4, -0.2) is 38.5 Å². The monoisotopic (exact) mass is 432 g/mol. The predicted molar refractivity (Wildman–Crippen MR) is 121 cm³/mol. The van der Waals surface area contributed by atoms with Crippen molar-refractivity contribution in [2.75, 3.05) is 13.7 Å². The van der Waals surface area contributed by atoms with E-state index >= 15 is 0 Å². The molecule has 2 aromatic carbocycles. The maximum absolute atomic E-state index is 13.5. The number of hydrogen-bond acceptors (Lipinski definition) is 5. The molecule has 0 N–H and O–H groups in total. The lowest BCUT2D eigenvalue weighted by atomic mass is 10.2. The minimum atomic E-state index is -0.407. The van der Waals surface area contributed by atoms with Gasteiger partial charge in [-0.15, -0.1) is 0 Å². The Balaban J connectivity index is 1.70. The van der Waals surface area contributed by atoms with E-state index in [0.29, 0.717) is 30.0 Å². The third kappa shape index (κ3) is 3.62. The number of rotatable bonds is 6. The van der Waals surface area contributed by atoms with Gasteiger partial charge in [0.1, 0.15) is 5.75 Å². The molecule has 2 aromatic heterocycles. The second-order valence-electron chi connectivity index (χ2n) is 7.90. The maximum atomic E-state index is 13.5. The summed E-state index contributed by atoms with van der Waals surface area (Å²) in [5, 5.41) is 0. The molecule has 5 rings (SSSR count). The molecule has 1 atom stereocenters. The highest BCUT2D eigenvalue weighted by Gasteiger charge is 2.23. The van der Waals surface area contributed by atoms with Crippen LogP contribution in [0.25, 0.3) is 16.9 Å². The Kier molecular flexibility index (Phi) is 5.36. The van der Waals surface area contributed by atoms with Gasteiger partial charge >= 0.3 is 5.69 Å². The number of ether oxygens (including phenoxy) is 2. The molecule has 1 saturated heterocycles. The number of nitrogens with zero attached hydrogens (tertiary/aromatic N) is 4. The van der Waals surface area contributed by atoms with Crippen molar-refractivity contribution in [3.63, 3.8) is 0 Å². The van der Waals surface area contributed by atoms with Gasteiger partial charge in [0.2, 0.25) is 0 Å². The molecular weight excluding hydrogens is 408 g/mol. The second kappa shape index (κ2) is 8.47. The molecule has 8 heteroatoms. The van der Waals surface area contributed by atoms with Gasteiger partial charge in [-0.05, 0) is 42.7 Å². The standard InChI is InChI=1S/C24H24N4O4/c1-31-19-10-5-7-17(13-19)14-26-16-25-22-21(26)23(29)27(15-20-11-6-12-32-20)24(30)28(22)18-8-3-2-4-9-18/h2-5,7-10,13,16,20H,6,11-12,14-15H2,1H3. The first kappa shape index (κ1) is 20.3. The van der Waals surface area contributed by atoms with Crippen molar-refractivity contribution in [2.24, 2.45) is 0 Å². The highest BCUT2D eigenvalue weighted by molar-refractivity contribution is 5.72. The Labute approximate surface area is 184 Å². The molecule has 1 fully saturated rings. The topological polar surface area (TPSA) is 80.3 Å². The summed E-state index contributed by atoms with van der Waals surface area (Å²) >= 11 is 0. The quantitative estimate of drug-likeness (QED) is 0.468. The van der Waals surface area contributed by atoms with Gasteiger partial charge in [0.15, 0.2) is 11.2 Å². The molecule has 0 radical (unpaired) electrons. The summed E-state index contributed by atoms with van der Waals surface area (Å²) in [5.41, 5.74) is 1.59. The number of para-hydroxylation sites is 1. The molecule has 0 saturated carbocycles. The van der Waals surface area contributed by atoms with Crippen LogP contribution in [0.15, 0.2) is 70.5 Å². The zero-order valence-corrected chi connectivity index (χ0v) is 17.8. The Morgan fingerprint density at radius 1 is 1.12 bits per heavy atom. The summed E-state index contributed by atoms with van der Waals surface area (Å²) in [6.45, 7) is 1.31. The molecule has 4 aromatic rings. The SMILES string of the molecule is COc1cccc(Cn2cnc3c2c(=O)n(CC2CCCO2)c(=O)n3-c2ccccc2)c1. The van der Waals surface area contributed by atoms with Crippen LogP contribution in [0.4, 0.5) is 0 Å². The molecule has 164 valence electrons. The molecule has 3 heterocycles. The number of hydrogen-bond donors (Lipinski definition) is 0. The summed E-state index contributed by atoms with van der Waals surface area (Å²) in [6.07, 6.45) is 3.23. The minimum absolute atomic E-state index is 0.142.